The number of anilines is 1. The molecule has 0 aliphatic carbocycles. The molecule has 1 atom stereocenters. The Kier molecular flexibility index (Phi) is 8.29. The molecule has 0 amide bonds. The Bertz CT molecular complexity index is 904. The number of ether oxygens (including phenoxy) is 2. The van der Waals surface area contributed by atoms with Crippen LogP contribution in [-0.2, 0) is 6.54 Å². The fourth-order valence-corrected chi connectivity index (χ4v) is 5.09. The first-order valence-electron chi connectivity index (χ1n) is 12.5. The van der Waals surface area contributed by atoms with E-state index in [1.807, 2.05) is 30.3 Å². The summed E-state index contributed by atoms with van der Waals surface area (Å²) in [6.45, 7) is 9.04. The molecular weight excluding hydrogens is 428 g/mol. The molecule has 3 heterocycles. The predicted octanol–water partition coefficient (Wildman–Crippen LogP) is 3.27. The lowest BCUT2D eigenvalue weighted by Crippen LogP contribution is -2.43. The van der Waals surface area contributed by atoms with Crippen molar-refractivity contribution in [3.05, 3.63) is 48.2 Å². The Labute approximate surface area is 204 Å². The zero-order valence-electron chi connectivity index (χ0n) is 20.9. The minimum absolute atomic E-state index is 0.598. The van der Waals surface area contributed by atoms with Gasteiger partial charge in [-0.15, -0.1) is 0 Å². The molecule has 2 aliphatic rings. The third-order valence-electron chi connectivity index (χ3n) is 7.09. The molecule has 2 fully saturated rings. The number of methoxy groups -OCH3 is 1. The van der Waals surface area contributed by atoms with Crippen LogP contribution >= 0.6 is 0 Å². The average Bonchev–Trinajstić information content (AvgIpc) is 3.23. The van der Waals surface area contributed by atoms with E-state index >= 15 is 0 Å². The fraction of sp³-hybridized carbons (Fsp3) is 0.593. The molecule has 0 bridgehead atoms. The van der Waals surface area contributed by atoms with E-state index in [1.165, 1.54) is 25.9 Å². The van der Waals surface area contributed by atoms with E-state index in [4.69, 9.17) is 9.47 Å². The number of β-amino-alcohol motifs (C(OH)–C–C–N with tert-alkyl or cyclic N) is 1. The zero-order chi connectivity index (χ0) is 24.0. The van der Waals surface area contributed by atoms with Gasteiger partial charge in [-0.05, 0) is 75.1 Å². The van der Waals surface area contributed by atoms with Gasteiger partial charge in [0.05, 0.1) is 12.7 Å². The number of likely N-dealkylation sites (tertiary alicyclic amines) is 1. The van der Waals surface area contributed by atoms with Crippen LogP contribution in [0.25, 0.3) is 0 Å². The second-order valence-electron chi connectivity index (χ2n) is 10.1. The SMILES string of the molecule is COc1cc(CN(C)C[C@]2(O)CCN(c3ccccn3)C2)ccc1OCCN1CCC(C)CC1. The van der Waals surface area contributed by atoms with Gasteiger partial charge in [0.1, 0.15) is 12.4 Å². The van der Waals surface area contributed by atoms with Gasteiger partial charge in [0.25, 0.3) is 0 Å². The smallest absolute Gasteiger partial charge is 0.161 e. The van der Waals surface area contributed by atoms with Crippen molar-refractivity contribution in [2.24, 2.45) is 5.92 Å². The number of likely N-dealkylation sites (N-methyl/N-ethyl adjacent to an activating group) is 1. The maximum Gasteiger partial charge on any atom is 0.161 e. The number of benzene rings is 1. The first kappa shape index (κ1) is 24.8. The van der Waals surface area contributed by atoms with Gasteiger partial charge in [-0.1, -0.05) is 19.1 Å². The van der Waals surface area contributed by atoms with Crippen LogP contribution in [0.1, 0.15) is 31.7 Å². The number of aromatic nitrogens is 1. The summed E-state index contributed by atoms with van der Waals surface area (Å²) in [5.74, 6) is 3.33. The van der Waals surface area contributed by atoms with Crippen molar-refractivity contribution in [3.8, 4) is 11.5 Å². The molecular formula is C27H40N4O3. The van der Waals surface area contributed by atoms with Gasteiger partial charge < -0.3 is 19.5 Å². The number of hydrogen-bond acceptors (Lipinski definition) is 7. The van der Waals surface area contributed by atoms with E-state index in [1.54, 1.807) is 13.3 Å². The number of piperidine rings is 1. The van der Waals surface area contributed by atoms with Crippen molar-refractivity contribution >= 4 is 5.82 Å². The maximum atomic E-state index is 11.2. The number of rotatable bonds is 10. The maximum absolute atomic E-state index is 11.2. The molecule has 0 saturated carbocycles. The van der Waals surface area contributed by atoms with Gasteiger partial charge in [-0.3, -0.25) is 9.80 Å². The molecule has 4 rings (SSSR count). The molecule has 2 saturated heterocycles. The summed E-state index contributed by atoms with van der Waals surface area (Å²) in [6.07, 6.45) is 5.09. The Morgan fingerprint density at radius 2 is 1.97 bits per heavy atom. The Hall–Kier alpha value is -2.35. The third-order valence-corrected chi connectivity index (χ3v) is 7.09. The molecule has 2 aliphatic heterocycles. The third kappa shape index (κ3) is 6.62. The second kappa shape index (κ2) is 11.4. The quantitative estimate of drug-likeness (QED) is 0.574. The lowest BCUT2D eigenvalue weighted by molar-refractivity contribution is 0.0279. The van der Waals surface area contributed by atoms with E-state index in [9.17, 15) is 5.11 Å². The van der Waals surface area contributed by atoms with Crippen molar-refractivity contribution in [1.82, 2.24) is 14.8 Å². The standard InChI is InChI=1S/C27H40N4O3/c1-22-9-13-30(14-10-22)16-17-34-24-8-7-23(18-25(24)33-3)19-29(2)20-27(32)11-15-31(21-27)26-6-4-5-12-28-26/h4-8,12,18,22,32H,9-11,13-17,19-21H2,1-3H3/t27-/m1/s1. The molecule has 7 heteroatoms. The van der Waals surface area contributed by atoms with Crippen molar-refractivity contribution < 1.29 is 14.6 Å². The zero-order valence-corrected chi connectivity index (χ0v) is 20.9. The van der Waals surface area contributed by atoms with Gasteiger partial charge in [-0.25, -0.2) is 4.98 Å². The fourth-order valence-electron chi connectivity index (χ4n) is 5.09. The van der Waals surface area contributed by atoms with Gasteiger partial charge in [0, 0.05) is 38.9 Å². The topological polar surface area (TPSA) is 61.3 Å². The highest BCUT2D eigenvalue weighted by atomic mass is 16.5. The lowest BCUT2D eigenvalue weighted by Gasteiger charge is -2.30. The predicted molar refractivity (Wildman–Crippen MR) is 136 cm³/mol. The molecule has 0 spiro atoms. The number of nitrogens with zero attached hydrogens (tertiary/aromatic N) is 4. The first-order valence-corrected chi connectivity index (χ1v) is 12.5. The molecule has 2 aromatic rings. The van der Waals surface area contributed by atoms with Crippen LogP contribution in [-0.4, -0.2) is 85.5 Å². The second-order valence-corrected chi connectivity index (χ2v) is 10.1. The minimum atomic E-state index is -0.744. The van der Waals surface area contributed by atoms with Gasteiger partial charge in [0.15, 0.2) is 11.5 Å². The highest BCUT2D eigenvalue weighted by Crippen LogP contribution is 2.30. The Morgan fingerprint density at radius 1 is 1.15 bits per heavy atom. The molecule has 186 valence electrons. The number of hydrogen-bond donors (Lipinski definition) is 1. The molecule has 1 N–H and O–H groups in total. The summed E-state index contributed by atoms with van der Waals surface area (Å²) >= 11 is 0. The van der Waals surface area contributed by atoms with E-state index in [0.29, 0.717) is 19.7 Å². The molecule has 1 aromatic heterocycles. The van der Waals surface area contributed by atoms with Crippen molar-refractivity contribution in [3.63, 3.8) is 0 Å². The molecule has 34 heavy (non-hydrogen) atoms. The summed E-state index contributed by atoms with van der Waals surface area (Å²) in [5.41, 5.74) is 0.394. The first-order chi connectivity index (χ1) is 16.4. The Morgan fingerprint density at radius 3 is 2.71 bits per heavy atom. The molecule has 1 aromatic carbocycles. The summed E-state index contributed by atoms with van der Waals surface area (Å²) in [6, 6.07) is 12.1. The van der Waals surface area contributed by atoms with Crippen LogP contribution in [0.5, 0.6) is 11.5 Å². The highest BCUT2D eigenvalue weighted by molar-refractivity contribution is 5.43. The van der Waals surface area contributed by atoms with E-state index < -0.39 is 5.60 Å². The number of pyridine rings is 1. The van der Waals surface area contributed by atoms with Crippen LogP contribution in [0.2, 0.25) is 0 Å². The summed E-state index contributed by atoms with van der Waals surface area (Å²) in [7, 11) is 3.74. The summed E-state index contributed by atoms with van der Waals surface area (Å²) in [5, 5.41) is 11.2. The molecule has 0 radical (unpaired) electrons. The van der Waals surface area contributed by atoms with Gasteiger partial charge >= 0.3 is 0 Å². The van der Waals surface area contributed by atoms with Crippen LogP contribution in [0.15, 0.2) is 42.6 Å². The van der Waals surface area contributed by atoms with E-state index in [2.05, 4.69) is 39.7 Å². The van der Waals surface area contributed by atoms with Crippen molar-refractivity contribution in [2.75, 3.05) is 64.9 Å². The van der Waals surface area contributed by atoms with Crippen LogP contribution in [0.3, 0.4) is 0 Å². The normalized spacial score (nSPS) is 21.9. The molecule has 7 nitrogen and oxygen atoms in total. The lowest BCUT2D eigenvalue weighted by atomic mass is 9.99. The van der Waals surface area contributed by atoms with E-state index in [0.717, 1.165) is 54.9 Å². The van der Waals surface area contributed by atoms with Gasteiger partial charge in [0.2, 0.25) is 0 Å². The Balaban J connectivity index is 1.27. The largest absolute Gasteiger partial charge is 0.493 e. The average molecular weight is 469 g/mol. The monoisotopic (exact) mass is 468 g/mol. The minimum Gasteiger partial charge on any atom is -0.493 e. The molecule has 0 unspecified atom stereocenters. The highest BCUT2D eigenvalue weighted by Gasteiger charge is 2.37. The van der Waals surface area contributed by atoms with Gasteiger partial charge in [-0.2, -0.15) is 0 Å². The van der Waals surface area contributed by atoms with Crippen LogP contribution in [0, 0.1) is 5.92 Å². The van der Waals surface area contributed by atoms with Crippen LogP contribution < -0.4 is 14.4 Å². The van der Waals surface area contributed by atoms with Crippen molar-refractivity contribution in [2.45, 2.75) is 38.3 Å². The summed E-state index contributed by atoms with van der Waals surface area (Å²) in [4.78, 5) is 11.2. The van der Waals surface area contributed by atoms with E-state index in [-0.39, 0.29) is 0 Å². The van der Waals surface area contributed by atoms with Crippen LogP contribution in [0.4, 0.5) is 5.82 Å². The summed E-state index contributed by atoms with van der Waals surface area (Å²) < 4.78 is 11.7. The number of aliphatic hydroxyl groups is 1. The van der Waals surface area contributed by atoms with Crippen molar-refractivity contribution in [1.29, 1.82) is 0 Å².